The Kier molecular flexibility index (Phi) is 3.00. The quantitative estimate of drug-likeness (QED) is 0.789. The van der Waals surface area contributed by atoms with E-state index in [9.17, 15) is 0 Å². The molecule has 0 fully saturated rings. The molecule has 1 N–H and O–H groups in total. The summed E-state index contributed by atoms with van der Waals surface area (Å²) in [5, 5.41) is 1.27. The highest BCUT2D eigenvalue weighted by Gasteiger charge is 2.21. The molecule has 98 valence electrons. The average Bonchev–Trinajstić information content (AvgIpc) is 2.62. The molecule has 0 saturated heterocycles. The van der Waals surface area contributed by atoms with Crippen molar-refractivity contribution in [2.45, 2.75) is 53.4 Å². The SMILES string of the molecule is CC(C)(C)Cc1cnc(C(C)(C)C)c2cc[nH]c12. The van der Waals surface area contributed by atoms with Gasteiger partial charge in [-0.25, -0.2) is 0 Å². The van der Waals surface area contributed by atoms with Gasteiger partial charge < -0.3 is 4.98 Å². The summed E-state index contributed by atoms with van der Waals surface area (Å²) in [4.78, 5) is 8.10. The predicted molar refractivity (Wildman–Crippen MR) is 78.0 cm³/mol. The van der Waals surface area contributed by atoms with Gasteiger partial charge in [0.05, 0.1) is 11.2 Å². The van der Waals surface area contributed by atoms with Crippen LogP contribution in [0, 0.1) is 5.41 Å². The number of nitrogens with one attached hydrogen (secondary N) is 1. The maximum Gasteiger partial charge on any atom is 0.0550 e. The Bertz CT molecular complexity index is 550. The topological polar surface area (TPSA) is 28.7 Å². The molecule has 0 amide bonds. The number of hydrogen-bond donors (Lipinski definition) is 1. The number of rotatable bonds is 1. The van der Waals surface area contributed by atoms with Crippen LogP contribution in [0.2, 0.25) is 0 Å². The van der Waals surface area contributed by atoms with Crippen molar-refractivity contribution in [3.05, 3.63) is 29.7 Å². The maximum absolute atomic E-state index is 4.71. The molecule has 2 heteroatoms. The normalized spacial score (nSPS) is 13.2. The molecule has 0 radical (unpaired) electrons. The summed E-state index contributed by atoms with van der Waals surface area (Å²) in [5.41, 5.74) is 4.11. The third-order valence-corrected chi connectivity index (χ3v) is 3.10. The van der Waals surface area contributed by atoms with Crippen LogP contribution >= 0.6 is 0 Å². The van der Waals surface area contributed by atoms with Crippen LogP contribution in [0.5, 0.6) is 0 Å². The lowest BCUT2D eigenvalue weighted by molar-refractivity contribution is 0.411. The van der Waals surface area contributed by atoms with E-state index >= 15 is 0 Å². The molecule has 0 spiro atoms. The summed E-state index contributed by atoms with van der Waals surface area (Å²) in [6.45, 7) is 13.4. The van der Waals surface area contributed by atoms with Crippen LogP contribution in [0.15, 0.2) is 18.5 Å². The van der Waals surface area contributed by atoms with E-state index < -0.39 is 0 Å². The summed E-state index contributed by atoms with van der Waals surface area (Å²) < 4.78 is 0. The Hall–Kier alpha value is -1.31. The lowest BCUT2D eigenvalue weighted by atomic mass is 9.85. The van der Waals surface area contributed by atoms with Crippen LogP contribution in [0.4, 0.5) is 0 Å². The fourth-order valence-corrected chi connectivity index (χ4v) is 2.41. The van der Waals surface area contributed by atoms with Crippen molar-refractivity contribution in [1.29, 1.82) is 0 Å². The van der Waals surface area contributed by atoms with E-state index in [0.717, 1.165) is 6.42 Å². The lowest BCUT2D eigenvalue weighted by Gasteiger charge is -2.22. The molecular weight excluding hydrogens is 220 g/mol. The first kappa shape index (κ1) is 13.1. The number of H-pyrrole nitrogens is 1. The van der Waals surface area contributed by atoms with Crippen LogP contribution in [-0.2, 0) is 11.8 Å². The van der Waals surface area contributed by atoms with Gasteiger partial charge in [0.2, 0.25) is 0 Å². The molecule has 2 nitrogen and oxygen atoms in total. The molecule has 2 rings (SSSR count). The number of aromatic amines is 1. The standard InChI is InChI=1S/C16H24N2/c1-15(2,3)9-11-10-18-14(16(4,5)6)12-7-8-17-13(11)12/h7-8,10,17H,9H2,1-6H3. The molecule has 0 aliphatic carbocycles. The monoisotopic (exact) mass is 244 g/mol. The Morgan fingerprint density at radius 1 is 1.11 bits per heavy atom. The first-order valence-corrected chi connectivity index (χ1v) is 6.64. The summed E-state index contributed by atoms with van der Waals surface area (Å²) in [6.07, 6.45) is 5.11. The minimum absolute atomic E-state index is 0.0840. The van der Waals surface area contributed by atoms with Crippen molar-refractivity contribution in [2.24, 2.45) is 5.41 Å². The summed E-state index contributed by atoms with van der Waals surface area (Å²) >= 11 is 0. The highest BCUT2D eigenvalue weighted by molar-refractivity contribution is 5.85. The second-order valence-corrected chi connectivity index (χ2v) is 7.39. The highest BCUT2D eigenvalue weighted by Crippen LogP contribution is 2.31. The van der Waals surface area contributed by atoms with Gasteiger partial charge in [0.25, 0.3) is 0 Å². The van der Waals surface area contributed by atoms with Crippen LogP contribution in [0.3, 0.4) is 0 Å². The third-order valence-electron chi connectivity index (χ3n) is 3.10. The molecular formula is C16H24N2. The van der Waals surface area contributed by atoms with Gasteiger partial charge in [0.15, 0.2) is 0 Å². The van der Waals surface area contributed by atoms with E-state index in [1.807, 2.05) is 12.4 Å². The molecule has 0 atom stereocenters. The number of hydrogen-bond acceptors (Lipinski definition) is 1. The van der Waals surface area contributed by atoms with E-state index in [1.54, 1.807) is 0 Å². The van der Waals surface area contributed by atoms with Crippen LogP contribution in [0.1, 0.15) is 52.8 Å². The highest BCUT2D eigenvalue weighted by atomic mass is 14.8. The number of fused-ring (bicyclic) bond motifs is 1. The molecule has 2 aromatic rings. The van der Waals surface area contributed by atoms with Crippen LogP contribution < -0.4 is 0 Å². The third kappa shape index (κ3) is 2.58. The number of nitrogens with zero attached hydrogens (tertiary/aromatic N) is 1. The maximum atomic E-state index is 4.71. The van der Waals surface area contributed by atoms with E-state index in [0.29, 0.717) is 0 Å². The number of pyridine rings is 1. The minimum Gasteiger partial charge on any atom is -0.361 e. The van der Waals surface area contributed by atoms with Crippen molar-refractivity contribution in [3.8, 4) is 0 Å². The molecule has 0 bridgehead atoms. The van der Waals surface area contributed by atoms with Gasteiger partial charge in [0, 0.05) is 23.2 Å². The second kappa shape index (κ2) is 4.11. The van der Waals surface area contributed by atoms with Crippen molar-refractivity contribution >= 4 is 10.9 Å². The molecule has 0 saturated carbocycles. The Balaban J connectivity index is 2.58. The zero-order valence-corrected chi connectivity index (χ0v) is 12.4. The van der Waals surface area contributed by atoms with Gasteiger partial charge in [0.1, 0.15) is 0 Å². The van der Waals surface area contributed by atoms with Crippen molar-refractivity contribution in [2.75, 3.05) is 0 Å². The van der Waals surface area contributed by atoms with Crippen molar-refractivity contribution in [3.63, 3.8) is 0 Å². The lowest BCUT2D eigenvalue weighted by Crippen LogP contribution is -2.15. The van der Waals surface area contributed by atoms with Crippen molar-refractivity contribution in [1.82, 2.24) is 9.97 Å². The molecule has 2 heterocycles. The second-order valence-electron chi connectivity index (χ2n) is 7.39. The van der Waals surface area contributed by atoms with E-state index in [4.69, 9.17) is 4.98 Å². The Morgan fingerprint density at radius 2 is 1.78 bits per heavy atom. The molecule has 2 aromatic heterocycles. The van der Waals surface area contributed by atoms with Crippen molar-refractivity contribution < 1.29 is 0 Å². The molecule has 0 aliphatic heterocycles. The van der Waals surface area contributed by atoms with Gasteiger partial charge in [-0.15, -0.1) is 0 Å². The minimum atomic E-state index is 0.0840. The first-order chi connectivity index (χ1) is 8.18. The molecule has 0 aliphatic rings. The largest absolute Gasteiger partial charge is 0.361 e. The van der Waals surface area contributed by atoms with Crippen LogP contribution in [-0.4, -0.2) is 9.97 Å². The van der Waals surface area contributed by atoms with E-state index in [-0.39, 0.29) is 10.8 Å². The Labute approximate surface area is 110 Å². The zero-order valence-electron chi connectivity index (χ0n) is 12.4. The predicted octanol–water partition coefficient (Wildman–Crippen LogP) is 4.45. The first-order valence-electron chi connectivity index (χ1n) is 6.64. The average molecular weight is 244 g/mol. The summed E-state index contributed by atoms with van der Waals surface area (Å²) in [7, 11) is 0. The number of aromatic nitrogens is 2. The summed E-state index contributed by atoms with van der Waals surface area (Å²) in [6, 6.07) is 2.15. The van der Waals surface area contributed by atoms with Gasteiger partial charge in [-0.2, -0.15) is 0 Å². The van der Waals surface area contributed by atoms with E-state index in [2.05, 4.69) is 52.6 Å². The van der Waals surface area contributed by atoms with E-state index in [1.165, 1.54) is 22.2 Å². The molecule has 18 heavy (non-hydrogen) atoms. The van der Waals surface area contributed by atoms with Gasteiger partial charge in [-0.1, -0.05) is 41.5 Å². The Morgan fingerprint density at radius 3 is 2.33 bits per heavy atom. The smallest absolute Gasteiger partial charge is 0.0550 e. The van der Waals surface area contributed by atoms with Gasteiger partial charge >= 0.3 is 0 Å². The van der Waals surface area contributed by atoms with Gasteiger partial charge in [-0.05, 0) is 23.5 Å². The molecule has 0 unspecified atom stereocenters. The zero-order chi connectivity index (χ0) is 13.6. The fraction of sp³-hybridized carbons (Fsp3) is 0.562. The fourth-order valence-electron chi connectivity index (χ4n) is 2.41. The van der Waals surface area contributed by atoms with Crippen LogP contribution in [0.25, 0.3) is 10.9 Å². The summed E-state index contributed by atoms with van der Waals surface area (Å²) in [5.74, 6) is 0. The van der Waals surface area contributed by atoms with Gasteiger partial charge in [-0.3, -0.25) is 4.98 Å². The molecule has 0 aromatic carbocycles.